The number of rotatable bonds is 5. The number of halogens is 1. The van der Waals surface area contributed by atoms with Crippen LogP contribution in [-0.2, 0) is 21.2 Å². The predicted molar refractivity (Wildman–Crippen MR) is 85.1 cm³/mol. The van der Waals surface area contributed by atoms with Crippen LogP contribution < -0.4 is 4.72 Å². The highest BCUT2D eigenvalue weighted by atomic mass is 35.5. The van der Waals surface area contributed by atoms with Gasteiger partial charge in [-0.25, -0.2) is 13.1 Å². The van der Waals surface area contributed by atoms with Crippen molar-refractivity contribution in [2.24, 2.45) is 5.92 Å². The molecular weight excluding hydrogens is 310 g/mol. The normalized spacial score (nSPS) is 23.4. The van der Waals surface area contributed by atoms with Crippen LogP contribution in [0.2, 0.25) is 5.02 Å². The number of hydrogen-bond acceptors (Lipinski definition) is 3. The molecule has 1 aliphatic heterocycles. The maximum atomic E-state index is 12.5. The minimum absolute atomic E-state index is 0.0742. The Labute approximate surface area is 131 Å². The van der Waals surface area contributed by atoms with Gasteiger partial charge >= 0.3 is 0 Å². The van der Waals surface area contributed by atoms with Crippen molar-refractivity contribution in [2.75, 3.05) is 13.2 Å². The average molecular weight is 332 g/mol. The fourth-order valence-electron chi connectivity index (χ4n) is 2.74. The van der Waals surface area contributed by atoms with Crippen LogP contribution in [0.4, 0.5) is 0 Å². The summed E-state index contributed by atoms with van der Waals surface area (Å²) in [6.45, 7) is 4.61. The van der Waals surface area contributed by atoms with Crippen LogP contribution >= 0.6 is 11.6 Å². The minimum atomic E-state index is -3.34. The predicted octanol–water partition coefficient (Wildman–Crippen LogP) is 2.62. The second-order valence-corrected chi connectivity index (χ2v) is 8.11. The summed E-state index contributed by atoms with van der Waals surface area (Å²) in [5, 5.41) is 0.251. The van der Waals surface area contributed by atoms with Gasteiger partial charge in [0.2, 0.25) is 10.0 Å². The van der Waals surface area contributed by atoms with E-state index in [2.05, 4.69) is 4.72 Å². The molecule has 1 fully saturated rings. The highest BCUT2D eigenvalue weighted by Crippen LogP contribution is 2.27. The topological polar surface area (TPSA) is 55.4 Å². The van der Waals surface area contributed by atoms with Crippen LogP contribution in [0.1, 0.15) is 25.8 Å². The van der Waals surface area contributed by atoms with Gasteiger partial charge in [0.1, 0.15) is 0 Å². The Morgan fingerprint density at radius 1 is 1.38 bits per heavy atom. The zero-order valence-electron chi connectivity index (χ0n) is 12.4. The first-order chi connectivity index (χ1) is 9.90. The molecule has 1 aromatic carbocycles. The van der Waals surface area contributed by atoms with Gasteiger partial charge in [-0.3, -0.25) is 0 Å². The van der Waals surface area contributed by atoms with Gasteiger partial charge < -0.3 is 4.74 Å². The third-order valence-corrected chi connectivity index (χ3v) is 6.23. The molecule has 0 unspecified atom stereocenters. The van der Waals surface area contributed by atoms with E-state index in [-0.39, 0.29) is 12.0 Å². The van der Waals surface area contributed by atoms with E-state index < -0.39 is 15.3 Å². The molecular formula is C15H22ClNO3S. The van der Waals surface area contributed by atoms with Crippen LogP contribution in [0.3, 0.4) is 0 Å². The highest BCUT2D eigenvalue weighted by molar-refractivity contribution is 7.90. The lowest BCUT2D eigenvalue weighted by atomic mass is 9.93. The molecule has 1 saturated heterocycles. The number of benzene rings is 1. The third kappa shape index (κ3) is 4.42. The average Bonchev–Trinajstić information content (AvgIpc) is 2.40. The molecule has 0 aliphatic carbocycles. The maximum absolute atomic E-state index is 12.5. The molecule has 6 heteroatoms. The molecule has 0 spiro atoms. The van der Waals surface area contributed by atoms with E-state index >= 15 is 0 Å². The Morgan fingerprint density at radius 3 is 2.76 bits per heavy atom. The zero-order chi connectivity index (χ0) is 15.5. The first kappa shape index (κ1) is 16.7. The smallest absolute Gasteiger partial charge is 0.215 e. The van der Waals surface area contributed by atoms with E-state index in [4.69, 9.17) is 16.3 Å². The molecule has 1 heterocycles. The molecule has 1 aliphatic rings. The molecule has 0 radical (unpaired) electrons. The second kappa shape index (κ2) is 7.09. The number of nitrogens with one attached hydrogen (secondary N) is 1. The summed E-state index contributed by atoms with van der Waals surface area (Å²) in [7, 11) is -3.34. The third-order valence-electron chi connectivity index (χ3n) is 3.64. The van der Waals surface area contributed by atoms with Crippen molar-refractivity contribution in [3.63, 3.8) is 0 Å². The molecule has 1 N–H and O–H groups in total. The Balaban J connectivity index is 2.18. The van der Waals surface area contributed by atoms with Crippen molar-refractivity contribution in [1.82, 2.24) is 4.72 Å². The fourth-order valence-corrected chi connectivity index (χ4v) is 4.87. The molecule has 4 nitrogen and oxygen atoms in total. The summed E-state index contributed by atoms with van der Waals surface area (Å²) in [6.07, 6.45) is 1.14. The van der Waals surface area contributed by atoms with Gasteiger partial charge in [0.25, 0.3) is 0 Å². The molecule has 2 atom stereocenters. The van der Waals surface area contributed by atoms with E-state index in [1.165, 1.54) is 0 Å². The van der Waals surface area contributed by atoms with Gasteiger partial charge in [0, 0.05) is 23.6 Å². The van der Waals surface area contributed by atoms with E-state index in [1.54, 1.807) is 0 Å². The summed E-state index contributed by atoms with van der Waals surface area (Å²) in [5.41, 5.74) is 0.972. The minimum Gasteiger partial charge on any atom is -0.381 e. The zero-order valence-corrected chi connectivity index (χ0v) is 14.0. The van der Waals surface area contributed by atoms with Crippen molar-refractivity contribution in [2.45, 2.75) is 38.0 Å². The lowest BCUT2D eigenvalue weighted by molar-refractivity contribution is 0.0569. The van der Waals surface area contributed by atoms with Crippen molar-refractivity contribution in [1.29, 1.82) is 0 Å². The number of hydrogen-bond donors (Lipinski definition) is 1. The molecule has 21 heavy (non-hydrogen) atoms. The largest absolute Gasteiger partial charge is 0.381 e. The van der Waals surface area contributed by atoms with Crippen LogP contribution in [0.15, 0.2) is 24.3 Å². The Kier molecular flexibility index (Phi) is 5.66. The highest BCUT2D eigenvalue weighted by Gasteiger charge is 2.36. The lowest BCUT2D eigenvalue weighted by Crippen LogP contribution is -2.46. The van der Waals surface area contributed by atoms with Gasteiger partial charge in [-0.05, 0) is 38.3 Å². The van der Waals surface area contributed by atoms with Crippen LogP contribution in [0.25, 0.3) is 0 Å². The van der Waals surface area contributed by atoms with Gasteiger partial charge in [0.05, 0.1) is 11.9 Å². The molecule has 0 bridgehead atoms. The first-order valence-corrected chi connectivity index (χ1v) is 9.15. The van der Waals surface area contributed by atoms with Gasteiger partial charge in [0.15, 0.2) is 0 Å². The SMILES string of the molecule is CC(C)NS(=O)(=O)[C@H]1CCOC[C@@H]1Cc1ccccc1Cl. The standard InChI is InChI=1S/C15H22ClNO3S/c1-11(2)17-21(18,19)15-7-8-20-10-13(15)9-12-5-3-4-6-14(12)16/h3-6,11,13,15,17H,7-10H2,1-2H3/t13-,15-/m0/s1. The molecule has 0 saturated carbocycles. The Bertz CT molecular complexity index is 574. The fraction of sp³-hybridized carbons (Fsp3) is 0.600. The van der Waals surface area contributed by atoms with Crippen molar-refractivity contribution in [3.05, 3.63) is 34.9 Å². The monoisotopic (exact) mass is 331 g/mol. The second-order valence-electron chi connectivity index (χ2n) is 5.78. The lowest BCUT2D eigenvalue weighted by Gasteiger charge is -2.32. The summed E-state index contributed by atoms with van der Waals surface area (Å²) >= 11 is 6.18. The molecule has 118 valence electrons. The van der Waals surface area contributed by atoms with Crippen LogP contribution in [0.5, 0.6) is 0 Å². The van der Waals surface area contributed by atoms with Gasteiger partial charge in [-0.2, -0.15) is 0 Å². The molecule has 0 aromatic heterocycles. The van der Waals surface area contributed by atoms with Gasteiger partial charge in [-0.15, -0.1) is 0 Å². The summed E-state index contributed by atoms with van der Waals surface area (Å²) in [5.74, 6) is -0.0742. The summed E-state index contributed by atoms with van der Waals surface area (Å²) in [4.78, 5) is 0. The van der Waals surface area contributed by atoms with E-state index in [9.17, 15) is 8.42 Å². The Morgan fingerprint density at radius 2 is 2.10 bits per heavy atom. The van der Waals surface area contributed by atoms with Crippen LogP contribution in [-0.4, -0.2) is 32.9 Å². The van der Waals surface area contributed by atoms with E-state index in [1.807, 2.05) is 38.1 Å². The van der Waals surface area contributed by atoms with E-state index in [0.717, 1.165) is 5.56 Å². The summed E-state index contributed by atoms with van der Waals surface area (Å²) in [6, 6.07) is 7.46. The van der Waals surface area contributed by atoms with E-state index in [0.29, 0.717) is 31.1 Å². The van der Waals surface area contributed by atoms with Crippen LogP contribution in [0, 0.1) is 5.92 Å². The quantitative estimate of drug-likeness (QED) is 0.902. The number of sulfonamides is 1. The van der Waals surface area contributed by atoms with Crippen molar-refractivity contribution >= 4 is 21.6 Å². The number of ether oxygens (including phenoxy) is 1. The van der Waals surface area contributed by atoms with Crippen molar-refractivity contribution in [3.8, 4) is 0 Å². The Hall–Kier alpha value is -0.620. The van der Waals surface area contributed by atoms with Crippen molar-refractivity contribution < 1.29 is 13.2 Å². The van der Waals surface area contributed by atoms with Gasteiger partial charge in [-0.1, -0.05) is 29.8 Å². The molecule has 1 aromatic rings. The maximum Gasteiger partial charge on any atom is 0.215 e. The summed E-state index contributed by atoms with van der Waals surface area (Å²) < 4.78 is 33.2. The molecule has 0 amide bonds. The first-order valence-electron chi connectivity index (χ1n) is 7.22. The molecule has 2 rings (SSSR count).